The zero-order valence-electron chi connectivity index (χ0n) is 12.0. The number of nitro groups is 1. The third kappa shape index (κ3) is 3.70. The maximum absolute atomic E-state index is 12.2. The minimum Gasteiger partial charge on any atom is -0.383 e. The van der Waals surface area contributed by atoms with E-state index >= 15 is 0 Å². The van der Waals surface area contributed by atoms with Gasteiger partial charge >= 0.3 is 0 Å². The normalized spacial score (nSPS) is 16.5. The van der Waals surface area contributed by atoms with Crippen LogP contribution in [0, 0.1) is 22.0 Å². The molecule has 8 heteroatoms. The second-order valence-corrected chi connectivity index (χ2v) is 7.12. The summed E-state index contributed by atoms with van der Waals surface area (Å²) in [5, 5.41) is 13.5. The molecule has 0 bridgehead atoms. The standard InChI is InChI=1S/C13H19N3O4S/c1-9(10-3-4-10)8-15-21(19,20)11-5-6-13(16(17)18)12(7-11)14-2/h5-7,9-10,14-15H,3-4,8H2,1-2H3. The van der Waals surface area contributed by atoms with Crippen molar-refractivity contribution >= 4 is 21.4 Å². The molecule has 7 nitrogen and oxygen atoms in total. The fourth-order valence-corrected chi connectivity index (χ4v) is 3.37. The topological polar surface area (TPSA) is 101 Å². The lowest BCUT2D eigenvalue weighted by Gasteiger charge is -2.12. The fourth-order valence-electron chi connectivity index (χ4n) is 2.20. The van der Waals surface area contributed by atoms with Gasteiger partial charge < -0.3 is 5.32 Å². The van der Waals surface area contributed by atoms with Gasteiger partial charge in [-0.3, -0.25) is 10.1 Å². The number of hydrogen-bond donors (Lipinski definition) is 2. The first-order valence-corrected chi connectivity index (χ1v) is 8.29. The maximum Gasteiger partial charge on any atom is 0.292 e. The molecule has 1 aliphatic carbocycles. The van der Waals surface area contributed by atoms with Crippen LogP contribution in [0.25, 0.3) is 0 Å². The Balaban J connectivity index is 2.17. The summed E-state index contributed by atoms with van der Waals surface area (Å²) in [4.78, 5) is 10.3. The predicted octanol–water partition coefficient (Wildman–Crippen LogP) is 1.96. The molecule has 1 aromatic rings. The molecule has 2 N–H and O–H groups in total. The van der Waals surface area contributed by atoms with E-state index in [1.807, 2.05) is 6.92 Å². The molecule has 1 unspecified atom stereocenters. The van der Waals surface area contributed by atoms with E-state index in [9.17, 15) is 18.5 Å². The van der Waals surface area contributed by atoms with Crippen LogP contribution in [-0.2, 0) is 10.0 Å². The van der Waals surface area contributed by atoms with Gasteiger partial charge in [-0.25, -0.2) is 13.1 Å². The van der Waals surface area contributed by atoms with E-state index in [1.54, 1.807) is 0 Å². The van der Waals surface area contributed by atoms with Crippen molar-refractivity contribution in [2.75, 3.05) is 18.9 Å². The summed E-state index contributed by atoms with van der Waals surface area (Å²) in [5.41, 5.74) is 0.0286. The van der Waals surface area contributed by atoms with Gasteiger partial charge in [0.2, 0.25) is 10.0 Å². The van der Waals surface area contributed by atoms with Crippen LogP contribution >= 0.6 is 0 Å². The highest BCUT2D eigenvalue weighted by atomic mass is 32.2. The van der Waals surface area contributed by atoms with Crippen LogP contribution in [0.4, 0.5) is 11.4 Å². The van der Waals surface area contributed by atoms with Crippen LogP contribution in [-0.4, -0.2) is 26.9 Å². The van der Waals surface area contributed by atoms with Crippen LogP contribution in [0.2, 0.25) is 0 Å². The van der Waals surface area contributed by atoms with Gasteiger partial charge in [0.1, 0.15) is 5.69 Å². The second-order valence-electron chi connectivity index (χ2n) is 5.35. The molecule has 0 radical (unpaired) electrons. The van der Waals surface area contributed by atoms with Crippen LogP contribution in [0.1, 0.15) is 19.8 Å². The van der Waals surface area contributed by atoms with Crippen molar-refractivity contribution in [3.8, 4) is 0 Å². The first-order chi connectivity index (χ1) is 9.85. The number of nitrogens with one attached hydrogen (secondary N) is 2. The Morgan fingerprint density at radius 1 is 1.43 bits per heavy atom. The number of nitro benzene ring substituents is 1. The smallest absolute Gasteiger partial charge is 0.292 e. The molecule has 0 aromatic heterocycles. The molecule has 116 valence electrons. The Kier molecular flexibility index (Phi) is 4.48. The summed E-state index contributed by atoms with van der Waals surface area (Å²) in [6.45, 7) is 2.41. The van der Waals surface area contributed by atoms with Gasteiger partial charge in [-0.2, -0.15) is 0 Å². The summed E-state index contributed by atoms with van der Waals surface area (Å²) in [5.74, 6) is 0.916. The van der Waals surface area contributed by atoms with Crippen molar-refractivity contribution in [3.05, 3.63) is 28.3 Å². The molecule has 0 heterocycles. The van der Waals surface area contributed by atoms with Crippen LogP contribution in [0.5, 0.6) is 0 Å². The van der Waals surface area contributed by atoms with Gasteiger partial charge in [0.05, 0.1) is 9.82 Å². The van der Waals surface area contributed by atoms with E-state index < -0.39 is 14.9 Å². The van der Waals surface area contributed by atoms with E-state index in [0.717, 1.165) is 12.8 Å². The zero-order valence-corrected chi connectivity index (χ0v) is 12.8. The fraction of sp³-hybridized carbons (Fsp3) is 0.538. The van der Waals surface area contributed by atoms with Crippen LogP contribution < -0.4 is 10.0 Å². The van der Waals surface area contributed by atoms with Gasteiger partial charge in [0.15, 0.2) is 0 Å². The minimum absolute atomic E-state index is 0.0282. The monoisotopic (exact) mass is 313 g/mol. The molecule has 1 atom stereocenters. The molecule has 1 fully saturated rings. The van der Waals surface area contributed by atoms with Gasteiger partial charge in [0.25, 0.3) is 5.69 Å². The van der Waals surface area contributed by atoms with Crippen LogP contribution in [0.3, 0.4) is 0 Å². The lowest BCUT2D eigenvalue weighted by atomic mass is 10.1. The van der Waals surface area contributed by atoms with Crippen molar-refractivity contribution in [1.29, 1.82) is 0 Å². The molecule has 1 aromatic carbocycles. The Bertz CT molecular complexity index is 641. The number of anilines is 1. The van der Waals surface area contributed by atoms with E-state index in [4.69, 9.17) is 0 Å². The van der Waals surface area contributed by atoms with Crippen LogP contribution in [0.15, 0.2) is 23.1 Å². The summed E-state index contributed by atoms with van der Waals surface area (Å²) in [7, 11) is -2.13. The maximum atomic E-state index is 12.2. The van der Waals surface area contributed by atoms with Gasteiger partial charge in [-0.05, 0) is 36.8 Å². The first kappa shape index (κ1) is 15.7. The molecule has 0 saturated heterocycles. The average molecular weight is 313 g/mol. The molecule has 21 heavy (non-hydrogen) atoms. The minimum atomic E-state index is -3.65. The molecule has 0 amide bonds. The van der Waals surface area contributed by atoms with Crippen molar-refractivity contribution in [1.82, 2.24) is 4.72 Å². The summed E-state index contributed by atoms with van der Waals surface area (Å²) in [6.07, 6.45) is 2.31. The molecule has 1 aliphatic rings. The SMILES string of the molecule is CNc1cc(S(=O)(=O)NCC(C)C2CC2)ccc1[N+](=O)[O-]. The summed E-state index contributed by atoms with van der Waals surface area (Å²) in [6, 6.07) is 3.73. The lowest BCUT2D eigenvalue weighted by Crippen LogP contribution is -2.29. The van der Waals surface area contributed by atoms with Crippen molar-refractivity contribution in [3.63, 3.8) is 0 Å². The van der Waals surface area contributed by atoms with Crippen molar-refractivity contribution < 1.29 is 13.3 Å². The van der Waals surface area contributed by atoms with Crippen molar-refractivity contribution in [2.24, 2.45) is 11.8 Å². The summed E-state index contributed by atoms with van der Waals surface area (Å²) < 4.78 is 27.0. The Morgan fingerprint density at radius 2 is 2.10 bits per heavy atom. The quantitative estimate of drug-likeness (QED) is 0.592. The highest BCUT2D eigenvalue weighted by Gasteiger charge is 2.29. The third-order valence-corrected chi connectivity index (χ3v) is 5.19. The molecule has 2 rings (SSSR count). The Hall–Kier alpha value is -1.67. The van der Waals surface area contributed by atoms with E-state index in [-0.39, 0.29) is 16.3 Å². The number of nitrogens with zero attached hydrogens (tertiary/aromatic N) is 1. The largest absolute Gasteiger partial charge is 0.383 e. The number of hydrogen-bond acceptors (Lipinski definition) is 5. The van der Waals surface area contributed by atoms with E-state index in [1.165, 1.54) is 25.2 Å². The predicted molar refractivity (Wildman–Crippen MR) is 79.7 cm³/mol. The Labute approximate surface area is 123 Å². The number of sulfonamides is 1. The van der Waals surface area contributed by atoms with E-state index in [0.29, 0.717) is 18.4 Å². The second kappa shape index (κ2) is 5.98. The molecular weight excluding hydrogens is 294 g/mol. The third-order valence-electron chi connectivity index (χ3n) is 3.77. The Morgan fingerprint density at radius 3 is 2.62 bits per heavy atom. The first-order valence-electron chi connectivity index (χ1n) is 6.81. The van der Waals surface area contributed by atoms with Gasteiger partial charge in [-0.15, -0.1) is 0 Å². The highest BCUT2D eigenvalue weighted by molar-refractivity contribution is 7.89. The van der Waals surface area contributed by atoms with Gasteiger partial charge in [0, 0.05) is 19.7 Å². The van der Waals surface area contributed by atoms with Gasteiger partial charge in [-0.1, -0.05) is 6.92 Å². The summed E-state index contributed by atoms with van der Waals surface area (Å²) >= 11 is 0. The molecular formula is C13H19N3O4S. The molecule has 0 spiro atoms. The number of rotatable bonds is 7. The van der Waals surface area contributed by atoms with E-state index in [2.05, 4.69) is 10.0 Å². The lowest BCUT2D eigenvalue weighted by molar-refractivity contribution is -0.384. The molecule has 0 aliphatic heterocycles. The number of benzene rings is 1. The highest BCUT2D eigenvalue weighted by Crippen LogP contribution is 2.36. The molecule has 1 saturated carbocycles. The average Bonchev–Trinajstić information content (AvgIpc) is 3.28. The zero-order chi connectivity index (χ0) is 15.6. The van der Waals surface area contributed by atoms with Crippen molar-refractivity contribution in [2.45, 2.75) is 24.7 Å².